The van der Waals surface area contributed by atoms with E-state index in [1.54, 1.807) is 12.5 Å². The van der Waals surface area contributed by atoms with Crippen LogP contribution in [0.1, 0.15) is 12.6 Å². The standard InChI is InChI=1S/C12H12ClFN2O3S/c1-2-16-8-15-6-9(16)7-19-12-4-3-10(5-11(12)14)20(13,17)18/h3-6,8H,2,7H2,1H3. The second-order valence-corrected chi connectivity index (χ2v) is 6.56. The number of hydrogen-bond acceptors (Lipinski definition) is 4. The monoisotopic (exact) mass is 318 g/mol. The van der Waals surface area contributed by atoms with Crippen molar-refractivity contribution in [3.8, 4) is 5.75 Å². The van der Waals surface area contributed by atoms with E-state index in [-0.39, 0.29) is 17.3 Å². The van der Waals surface area contributed by atoms with Crippen LogP contribution < -0.4 is 4.74 Å². The number of aryl methyl sites for hydroxylation is 1. The summed E-state index contributed by atoms with van der Waals surface area (Å²) < 4.78 is 43.0. The Morgan fingerprint density at radius 2 is 2.20 bits per heavy atom. The van der Waals surface area contributed by atoms with Gasteiger partial charge in [0.1, 0.15) is 6.61 Å². The summed E-state index contributed by atoms with van der Waals surface area (Å²) in [6, 6.07) is 3.25. The fourth-order valence-electron chi connectivity index (χ4n) is 1.66. The first kappa shape index (κ1) is 14.8. The molecule has 0 radical (unpaired) electrons. The van der Waals surface area contributed by atoms with Gasteiger partial charge >= 0.3 is 0 Å². The molecule has 5 nitrogen and oxygen atoms in total. The third-order valence-electron chi connectivity index (χ3n) is 2.70. The second-order valence-electron chi connectivity index (χ2n) is 3.99. The molecule has 1 aromatic heterocycles. The minimum absolute atomic E-state index is 0.0436. The maximum Gasteiger partial charge on any atom is 0.261 e. The van der Waals surface area contributed by atoms with Gasteiger partial charge in [-0.15, -0.1) is 0 Å². The van der Waals surface area contributed by atoms with Crippen molar-refractivity contribution in [3.63, 3.8) is 0 Å². The van der Waals surface area contributed by atoms with Gasteiger partial charge in [0.25, 0.3) is 9.05 Å². The number of imidazole rings is 1. The maximum atomic E-state index is 13.7. The molecule has 20 heavy (non-hydrogen) atoms. The molecular weight excluding hydrogens is 307 g/mol. The minimum Gasteiger partial charge on any atom is -0.484 e. The van der Waals surface area contributed by atoms with Gasteiger partial charge < -0.3 is 9.30 Å². The lowest BCUT2D eigenvalue weighted by atomic mass is 10.3. The summed E-state index contributed by atoms with van der Waals surface area (Å²) in [5.41, 5.74) is 0.793. The van der Waals surface area contributed by atoms with Gasteiger partial charge in [-0.25, -0.2) is 17.8 Å². The molecule has 2 rings (SSSR count). The van der Waals surface area contributed by atoms with E-state index in [0.717, 1.165) is 18.3 Å². The van der Waals surface area contributed by atoms with Crippen molar-refractivity contribution in [1.82, 2.24) is 9.55 Å². The van der Waals surface area contributed by atoms with E-state index < -0.39 is 14.9 Å². The van der Waals surface area contributed by atoms with Crippen LogP contribution in [0.2, 0.25) is 0 Å². The zero-order chi connectivity index (χ0) is 14.8. The molecule has 0 aliphatic heterocycles. The largest absolute Gasteiger partial charge is 0.484 e. The van der Waals surface area contributed by atoms with Gasteiger partial charge in [-0.2, -0.15) is 0 Å². The van der Waals surface area contributed by atoms with Crippen molar-refractivity contribution in [2.45, 2.75) is 25.0 Å². The molecule has 108 valence electrons. The maximum absolute atomic E-state index is 13.7. The highest BCUT2D eigenvalue weighted by molar-refractivity contribution is 8.13. The molecule has 2 aromatic rings. The number of rotatable bonds is 5. The molecule has 0 bridgehead atoms. The fraction of sp³-hybridized carbons (Fsp3) is 0.250. The topological polar surface area (TPSA) is 61.2 Å². The Morgan fingerprint density at radius 3 is 2.80 bits per heavy atom. The smallest absolute Gasteiger partial charge is 0.261 e. The van der Waals surface area contributed by atoms with E-state index in [1.807, 2.05) is 11.5 Å². The lowest BCUT2D eigenvalue weighted by Crippen LogP contribution is -2.05. The number of hydrogen-bond donors (Lipinski definition) is 0. The summed E-state index contributed by atoms with van der Waals surface area (Å²) >= 11 is 0. The molecule has 0 saturated carbocycles. The third-order valence-corrected chi connectivity index (χ3v) is 4.05. The number of benzene rings is 1. The predicted octanol–water partition coefficient (Wildman–Crippen LogP) is 2.55. The molecule has 0 aliphatic carbocycles. The van der Waals surface area contributed by atoms with Gasteiger partial charge in [0, 0.05) is 17.2 Å². The van der Waals surface area contributed by atoms with E-state index in [2.05, 4.69) is 4.98 Å². The van der Waals surface area contributed by atoms with Crippen molar-refractivity contribution >= 4 is 19.7 Å². The van der Waals surface area contributed by atoms with Crippen LogP contribution in [0.25, 0.3) is 0 Å². The summed E-state index contributed by atoms with van der Waals surface area (Å²) in [6.07, 6.45) is 3.28. The van der Waals surface area contributed by atoms with Crippen molar-refractivity contribution in [2.75, 3.05) is 0 Å². The molecule has 0 N–H and O–H groups in total. The average Bonchev–Trinajstić information content (AvgIpc) is 2.83. The van der Waals surface area contributed by atoms with Crippen molar-refractivity contribution < 1.29 is 17.5 Å². The molecule has 0 aliphatic rings. The molecule has 0 atom stereocenters. The van der Waals surface area contributed by atoms with Gasteiger partial charge in [0.15, 0.2) is 11.6 Å². The summed E-state index contributed by atoms with van der Waals surface area (Å²) in [5, 5.41) is 0. The molecule has 1 aromatic carbocycles. The van der Waals surface area contributed by atoms with E-state index in [9.17, 15) is 12.8 Å². The van der Waals surface area contributed by atoms with Crippen LogP contribution in [0.3, 0.4) is 0 Å². The number of aromatic nitrogens is 2. The average molecular weight is 319 g/mol. The molecular formula is C12H12ClFN2O3S. The Kier molecular flexibility index (Phi) is 4.29. The molecule has 8 heteroatoms. The van der Waals surface area contributed by atoms with Crippen LogP contribution in [0.15, 0.2) is 35.6 Å². The molecule has 1 heterocycles. The van der Waals surface area contributed by atoms with Crippen LogP contribution >= 0.6 is 10.7 Å². The number of halogens is 2. The summed E-state index contributed by atoms with van der Waals surface area (Å²) in [7, 11) is 1.19. The van der Waals surface area contributed by atoms with E-state index in [0.29, 0.717) is 0 Å². The van der Waals surface area contributed by atoms with Crippen LogP contribution in [0.4, 0.5) is 4.39 Å². The Hall–Kier alpha value is -1.60. The summed E-state index contributed by atoms with van der Waals surface area (Å²) in [4.78, 5) is 3.66. The van der Waals surface area contributed by atoms with Gasteiger partial charge in [0.2, 0.25) is 0 Å². The zero-order valence-corrected chi connectivity index (χ0v) is 12.2. The van der Waals surface area contributed by atoms with Gasteiger partial charge in [0.05, 0.1) is 23.1 Å². The first-order chi connectivity index (χ1) is 9.41. The highest BCUT2D eigenvalue weighted by atomic mass is 35.7. The van der Waals surface area contributed by atoms with E-state index >= 15 is 0 Å². The molecule has 0 unspecified atom stereocenters. The van der Waals surface area contributed by atoms with Crippen LogP contribution in [-0.4, -0.2) is 18.0 Å². The zero-order valence-electron chi connectivity index (χ0n) is 10.6. The lowest BCUT2D eigenvalue weighted by molar-refractivity contribution is 0.280. The lowest BCUT2D eigenvalue weighted by Gasteiger charge is -2.09. The van der Waals surface area contributed by atoms with Crippen LogP contribution in [0, 0.1) is 5.82 Å². The second kappa shape index (κ2) is 5.80. The SMILES string of the molecule is CCn1cncc1COc1ccc(S(=O)(=O)Cl)cc1F. The van der Waals surface area contributed by atoms with E-state index in [4.69, 9.17) is 15.4 Å². The molecule has 0 saturated heterocycles. The summed E-state index contributed by atoms with van der Waals surface area (Å²) in [6.45, 7) is 2.81. The van der Waals surface area contributed by atoms with Gasteiger partial charge in [-0.3, -0.25) is 0 Å². The van der Waals surface area contributed by atoms with Gasteiger partial charge in [-0.1, -0.05) is 0 Å². The first-order valence-corrected chi connectivity index (χ1v) is 8.08. The molecule has 0 fully saturated rings. The normalized spacial score (nSPS) is 11.6. The van der Waals surface area contributed by atoms with Crippen molar-refractivity contribution in [2.24, 2.45) is 0 Å². The summed E-state index contributed by atoms with van der Waals surface area (Å²) in [5.74, 6) is -0.827. The Balaban J connectivity index is 2.15. The van der Waals surface area contributed by atoms with E-state index in [1.165, 1.54) is 12.1 Å². The van der Waals surface area contributed by atoms with Crippen molar-refractivity contribution in [3.05, 3.63) is 42.2 Å². The van der Waals surface area contributed by atoms with Crippen LogP contribution in [0.5, 0.6) is 5.75 Å². The Labute approximate surface area is 120 Å². The first-order valence-electron chi connectivity index (χ1n) is 5.78. The van der Waals surface area contributed by atoms with Crippen LogP contribution in [-0.2, 0) is 22.2 Å². The third kappa shape index (κ3) is 3.29. The Bertz CT molecular complexity index is 715. The number of ether oxygens (including phenoxy) is 1. The quantitative estimate of drug-likeness (QED) is 0.795. The fourth-order valence-corrected chi connectivity index (χ4v) is 2.42. The number of nitrogens with zero attached hydrogens (tertiary/aromatic N) is 2. The molecule has 0 spiro atoms. The highest BCUT2D eigenvalue weighted by Crippen LogP contribution is 2.23. The van der Waals surface area contributed by atoms with Gasteiger partial charge in [-0.05, 0) is 25.1 Å². The Morgan fingerprint density at radius 1 is 1.45 bits per heavy atom. The highest BCUT2D eigenvalue weighted by Gasteiger charge is 2.14. The predicted molar refractivity (Wildman–Crippen MR) is 71.7 cm³/mol. The minimum atomic E-state index is -3.95. The molecule has 0 amide bonds. The van der Waals surface area contributed by atoms with Crippen molar-refractivity contribution in [1.29, 1.82) is 0 Å².